The summed E-state index contributed by atoms with van der Waals surface area (Å²) in [5.41, 5.74) is 1.39. The fraction of sp³-hybridized carbons (Fsp3) is 0.235. The first-order chi connectivity index (χ1) is 12.4. The molecular weight excluding hydrogens is 354 g/mol. The Bertz CT molecular complexity index is 974. The highest BCUT2D eigenvalue weighted by Crippen LogP contribution is 2.29. The Kier molecular flexibility index (Phi) is 4.81. The minimum atomic E-state index is -0.478. The fourth-order valence-electron chi connectivity index (χ4n) is 2.71. The Hall–Kier alpha value is -3.07. The lowest BCUT2D eigenvalue weighted by molar-refractivity contribution is -0.386. The van der Waals surface area contributed by atoms with Crippen LogP contribution in [-0.4, -0.2) is 32.1 Å². The molecule has 0 saturated heterocycles. The molecule has 0 saturated carbocycles. The van der Waals surface area contributed by atoms with Crippen molar-refractivity contribution in [2.45, 2.75) is 20.4 Å². The molecule has 0 bridgehead atoms. The van der Waals surface area contributed by atoms with Crippen molar-refractivity contribution in [1.82, 2.24) is 14.8 Å². The number of amides is 1. The number of hydrogen-bond acceptors (Lipinski definition) is 6. The highest BCUT2D eigenvalue weighted by atomic mass is 32.1. The minimum Gasteiger partial charge on any atom is -0.283 e. The molecule has 1 amide bonds. The summed E-state index contributed by atoms with van der Waals surface area (Å²) < 4.78 is 2.34. The highest BCUT2D eigenvalue weighted by Gasteiger charge is 2.25. The summed E-state index contributed by atoms with van der Waals surface area (Å²) in [6.07, 6.45) is 1.62. The summed E-state index contributed by atoms with van der Waals surface area (Å²) in [7, 11) is 0. The van der Waals surface area contributed by atoms with Crippen LogP contribution in [-0.2, 0) is 11.3 Å². The topological polar surface area (TPSA) is 94.2 Å². The zero-order valence-corrected chi connectivity index (χ0v) is 15.2. The smallest absolute Gasteiger partial charge is 0.283 e. The molecule has 0 aliphatic carbocycles. The number of rotatable bonds is 6. The molecule has 2 aromatic heterocycles. The van der Waals surface area contributed by atoms with Crippen LogP contribution in [0.25, 0.3) is 10.2 Å². The van der Waals surface area contributed by atoms with Crippen molar-refractivity contribution in [3.63, 3.8) is 0 Å². The van der Waals surface area contributed by atoms with Crippen molar-refractivity contribution >= 4 is 38.3 Å². The molecule has 0 atom stereocenters. The Labute approximate surface area is 153 Å². The predicted molar refractivity (Wildman–Crippen MR) is 101 cm³/mol. The maximum atomic E-state index is 12.8. The van der Waals surface area contributed by atoms with E-state index in [9.17, 15) is 14.9 Å². The van der Waals surface area contributed by atoms with Gasteiger partial charge in [-0.25, -0.2) is 4.98 Å². The van der Waals surface area contributed by atoms with E-state index in [2.05, 4.69) is 16.7 Å². The molecule has 3 aromatic rings. The summed E-state index contributed by atoms with van der Waals surface area (Å²) in [6, 6.07) is 7.63. The number of benzene rings is 1. The molecule has 26 heavy (non-hydrogen) atoms. The van der Waals surface area contributed by atoms with Crippen molar-refractivity contribution < 1.29 is 9.72 Å². The molecule has 0 aliphatic heterocycles. The van der Waals surface area contributed by atoms with Gasteiger partial charge in [0.2, 0.25) is 0 Å². The van der Waals surface area contributed by atoms with Gasteiger partial charge in [0, 0.05) is 6.54 Å². The van der Waals surface area contributed by atoms with Crippen molar-refractivity contribution in [2.75, 3.05) is 11.4 Å². The number of nitrogens with zero attached hydrogens (tertiary/aromatic N) is 5. The van der Waals surface area contributed by atoms with E-state index in [1.54, 1.807) is 19.9 Å². The monoisotopic (exact) mass is 371 g/mol. The van der Waals surface area contributed by atoms with Gasteiger partial charge in [-0.3, -0.25) is 24.5 Å². The Morgan fingerprint density at radius 3 is 2.77 bits per heavy atom. The van der Waals surface area contributed by atoms with E-state index in [0.29, 0.717) is 17.4 Å². The van der Waals surface area contributed by atoms with Gasteiger partial charge in [0.25, 0.3) is 5.91 Å². The molecule has 0 aliphatic rings. The number of fused-ring (bicyclic) bond motifs is 1. The van der Waals surface area contributed by atoms with Crippen molar-refractivity contribution in [3.05, 3.63) is 58.4 Å². The zero-order chi connectivity index (χ0) is 18.8. The van der Waals surface area contributed by atoms with E-state index in [1.807, 2.05) is 24.3 Å². The lowest BCUT2D eigenvalue weighted by atomic mass is 10.3. The van der Waals surface area contributed by atoms with Gasteiger partial charge in [0.05, 0.1) is 15.1 Å². The van der Waals surface area contributed by atoms with Gasteiger partial charge in [-0.05, 0) is 26.0 Å². The first-order valence-corrected chi connectivity index (χ1v) is 8.69. The van der Waals surface area contributed by atoms with Crippen molar-refractivity contribution in [2.24, 2.45) is 0 Å². The van der Waals surface area contributed by atoms with Crippen molar-refractivity contribution in [1.29, 1.82) is 0 Å². The SMILES string of the molecule is C=CCN(C(=O)Cn1nc(C)c([N+](=O)[O-])c1C)c1nc2ccccc2s1. The first-order valence-electron chi connectivity index (χ1n) is 7.87. The van der Waals surface area contributed by atoms with E-state index in [4.69, 9.17) is 0 Å². The number of thiazole rings is 1. The number of nitro groups is 1. The quantitative estimate of drug-likeness (QED) is 0.377. The number of para-hydroxylation sites is 1. The lowest BCUT2D eigenvalue weighted by Crippen LogP contribution is -2.34. The highest BCUT2D eigenvalue weighted by molar-refractivity contribution is 7.22. The van der Waals surface area contributed by atoms with E-state index in [-0.39, 0.29) is 23.8 Å². The van der Waals surface area contributed by atoms with E-state index in [1.165, 1.54) is 20.9 Å². The van der Waals surface area contributed by atoms with Crippen LogP contribution in [0.2, 0.25) is 0 Å². The molecule has 1 aromatic carbocycles. The van der Waals surface area contributed by atoms with Crippen LogP contribution < -0.4 is 4.90 Å². The maximum absolute atomic E-state index is 12.8. The second-order valence-electron chi connectivity index (χ2n) is 5.69. The Morgan fingerprint density at radius 2 is 2.15 bits per heavy atom. The minimum absolute atomic E-state index is 0.0620. The number of aromatic nitrogens is 3. The molecule has 0 fully saturated rings. The van der Waals surface area contributed by atoms with Gasteiger partial charge in [0.1, 0.15) is 17.9 Å². The Morgan fingerprint density at radius 1 is 1.42 bits per heavy atom. The zero-order valence-electron chi connectivity index (χ0n) is 14.4. The number of aryl methyl sites for hydroxylation is 1. The second kappa shape index (κ2) is 7.04. The third-order valence-corrected chi connectivity index (χ3v) is 5.00. The standard InChI is InChI=1S/C17H17N5O3S/c1-4-9-20(17-18-13-7-5-6-8-14(13)26-17)15(23)10-21-12(3)16(22(24)25)11(2)19-21/h4-8H,1,9-10H2,2-3H3. The van der Waals surface area contributed by atoms with Gasteiger partial charge in [-0.2, -0.15) is 5.10 Å². The average Bonchev–Trinajstić information content (AvgIpc) is 3.13. The van der Waals surface area contributed by atoms with Crippen molar-refractivity contribution in [3.8, 4) is 0 Å². The van der Waals surface area contributed by atoms with Crippen LogP contribution in [0.1, 0.15) is 11.4 Å². The third-order valence-electron chi connectivity index (χ3n) is 3.94. The number of carbonyl (C=O) groups is 1. The van der Waals surface area contributed by atoms with E-state index in [0.717, 1.165) is 10.2 Å². The summed E-state index contributed by atoms with van der Waals surface area (Å²) >= 11 is 1.41. The predicted octanol–water partition coefficient (Wildman–Crippen LogP) is 3.24. The molecule has 0 unspecified atom stereocenters. The van der Waals surface area contributed by atoms with Crippen LogP contribution in [0, 0.1) is 24.0 Å². The first kappa shape index (κ1) is 17.7. The van der Waals surface area contributed by atoms with Gasteiger partial charge < -0.3 is 0 Å². The molecule has 9 heteroatoms. The number of carbonyl (C=O) groups excluding carboxylic acids is 1. The summed E-state index contributed by atoms with van der Waals surface area (Å²) in [5.74, 6) is -0.260. The fourth-order valence-corrected chi connectivity index (χ4v) is 3.70. The van der Waals surface area contributed by atoms with Crippen LogP contribution >= 0.6 is 11.3 Å². The molecule has 0 radical (unpaired) electrons. The van der Waals surface area contributed by atoms with Crippen LogP contribution in [0.5, 0.6) is 0 Å². The van der Waals surface area contributed by atoms with Gasteiger partial charge in [0.15, 0.2) is 5.13 Å². The molecule has 3 rings (SSSR count). The summed E-state index contributed by atoms with van der Waals surface area (Å²) in [4.78, 5) is 29.5. The van der Waals surface area contributed by atoms with Gasteiger partial charge >= 0.3 is 5.69 Å². The number of hydrogen-bond donors (Lipinski definition) is 0. The van der Waals surface area contributed by atoms with Crippen LogP contribution in [0.4, 0.5) is 10.8 Å². The summed E-state index contributed by atoms with van der Waals surface area (Å²) in [6.45, 7) is 7.03. The van der Waals surface area contributed by atoms with Gasteiger partial charge in [-0.15, -0.1) is 6.58 Å². The third kappa shape index (κ3) is 3.21. The molecule has 2 heterocycles. The van der Waals surface area contributed by atoms with E-state index < -0.39 is 4.92 Å². The lowest BCUT2D eigenvalue weighted by Gasteiger charge is -2.18. The molecular formula is C17H17N5O3S. The molecule has 8 nitrogen and oxygen atoms in total. The number of anilines is 1. The van der Waals surface area contributed by atoms with Crippen LogP contribution in [0.15, 0.2) is 36.9 Å². The molecule has 0 N–H and O–H groups in total. The van der Waals surface area contributed by atoms with Crippen LogP contribution in [0.3, 0.4) is 0 Å². The Balaban J connectivity index is 1.91. The largest absolute Gasteiger partial charge is 0.312 e. The second-order valence-corrected chi connectivity index (χ2v) is 6.70. The van der Waals surface area contributed by atoms with E-state index >= 15 is 0 Å². The summed E-state index contributed by atoms with van der Waals surface area (Å²) in [5, 5.41) is 15.8. The molecule has 134 valence electrons. The normalized spacial score (nSPS) is 10.8. The maximum Gasteiger partial charge on any atom is 0.312 e. The average molecular weight is 371 g/mol. The molecule has 0 spiro atoms. The van der Waals surface area contributed by atoms with Gasteiger partial charge in [-0.1, -0.05) is 29.5 Å².